The zero-order valence-corrected chi connectivity index (χ0v) is 21.8. The van der Waals surface area contributed by atoms with Crippen LogP contribution in [0.3, 0.4) is 0 Å². The quantitative estimate of drug-likeness (QED) is 0.161. The van der Waals surface area contributed by atoms with Crippen LogP contribution < -0.4 is 0 Å². The first kappa shape index (κ1) is 24.2. The van der Waals surface area contributed by atoms with E-state index in [1.165, 1.54) is 16.7 Å². The van der Waals surface area contributed by atoms with E-state index in [0.29, 0.717) is 6.61 Å². The predicted octanol–water partition coefficient (Wildman–Crippen LogP) is 7.11. The summed E-state index contributed by atoms with van der Waals surface area (Å²) in [7, 11) is 1.74. The van der Waals surface area contributed by atoms with Gasteiger partial charge < -0.3 is 9.30 Å². The zero-order valence-electron chi connectivity index (χ0n) is 20.9. The number of rotatable bonds is 9. The Morgan fingerprint density at radius 1 is 0.861 bits per heavy atom. The van der Waals surface area contributed by atoms with Crippen molar-refractivity contribution < 1.29 is 4.74 Å². The molecule has 0 radical (unpaired) electrons. The number of aromatic nitrogens is 4. The lowest BCUT2D eigenvalue weighted by atomic mass is 10.0. The average Bonchev–Trinajstić information content (AvgIpc) is 3.29. The normalized spacial score (nSPS) is 11.3. The van der Waals surface area contributed by atoms with Gasteiger partial charge in [0.25, 0.3) is 0 Å². The van der Waals surface area contributed by atoms with Crippen LogP contribution in [0.15, 0.2) is 84.0 Å². The Kier molecular flexibility index (Phi) is 7.44. The molecule has 0 amide bonds. The molecule has 3 aromatic carbocycles. The molecule has 5 nitrogen and oxygen atoms in total. The molecule has 0 aliphatic heterocycles. The molecule has 0 aliphatic rings. The van der Waals surface area contributed by atoms with E-state index in [-0.39, 0.29) is 0 Å². The van der Waals surface area contributed by atoms with Crippen LogP contribution in [0, 0.1) is 13.8 Å². The minimum absolute atomic E-state index is 0.686. The van der Waals surface area contributed by atoms with E-state index < -0.39 is 0 Å². The maximum absolute atomic E-state index is 5.36. The highest BCUT2D eigenvalue weighted by Gasteiger charge is 2.18. The third-order valence-electron chi connectivity index (χ3n) is 6.12. The molecule has 0 N–H and O–H groups in total. The molecule has 0 atom stereocenters. The van der Waals surface area contributed by atoms with Crippen molar-refractivity contribution in [1.29, 1.82) is 0 Å². The molecule has 0 saturated carbocycles. The number of methoxy groups -OCH3 is 1. The maximum atomic E-state index is 5.36. The standard InChI is InChI=1S/C30H30N4OS/c1-21-16-22(2)18-23(17-21)20-36-30-33-32-29(34(30)14-9-15-35-3)26-19-28(24-10-5-4-6-11-24)31-27-13-8-7-12-25(26)27/h4-8,10-13,16-19H,9,14-15,20H2,1-3H3. The lowest BCUT2D eigenvalue weighted by Crippen LogP contribution is -2.06. The molecule has 0 unspecified atom stereocenters. The summed E-state index contributed by atoms with van der Waals surface area (Å²) in [5.41, 5.74) is 7.87. The number of nitrogens with zero attached hydrogens (tertiary/aromatic N) is 4. The van der Waals surface area contributed by atoms with E-state index >= 15 is 0 Å². The average molecular weight is 495 g/mol. The third kappa shape index (κ3) is 5.35. The second-order valence-corrected chi connectivity index (χ2v) is 9.97. The molecule has 0 fully saturated rings. The highest BCUT2D eigenvalue weighted by atomic mass is 32.2. The molecule has 36 heavy (non-hydrogen) atoms. The minimum Gasteiger partial charge on any atom is -0.385 e. The molecule has 5 rings (SSSR count). The Labute approximate surface area is 216 Å². The molecule has 182 valence electrons. The fraction of sp³-hybridized carbons (Fsp3) is 0.233. The largest absolute Gasteiger partial charge is 0.385 e. The van der Waals surface area contributed by atoms with Crippen molar-refractivity contribution in [2.24, 2.45) is 0 Å². The molecule has 6 heteroatoms. The SMILES string of the molecule is COCCCn1c(SCc2cc(C)cc(C)c2)nnc1-c1cc(-c2ccccc2)nc2ccccc12. The van der Waals surface area contributed by atoms with Crippen LogP contribution in [0.4, 0.5) is 0 Å². The van der Waals surface area contributed by atoms with Crippen molar-refractivity contribution in [3.63, 3.8) is 0 Å². The van der Waals surface area contributed by atoms with E-state index in [1.807, 2.05) is 24.3 Å². The summed E-state index contributed by atoms with van der Waals surface area (Å²) in [6.07, 6.45) is 0.882. The van der Waals surface area contributed by atoms with Gasteiger partial charge in [-0.15, -0.1) is 10.2 Å². The summed E-state index contributed by atoms with van der Waals surface area (Å²) in [4.78, 5) is 4.95. The maximum Gasteiger partial charge on any atom is 0.191 e. The van der Waals surface area contributed by atoms with Gasteiger partial charge in [0.05, 0.1) is 11.2 Å². The zero-order chi connectivity index (χ0) is 24.9. The van der Waals surface area contributed by atoms with E-state index in [0.717, 1.165) is 57.4 Å². The Morgan fingerprint density at radius 2 is 1.61 bits per heavy atom. The summed E-state index contributed by atoms with van der Waals surface area (Å²) in [6.45, 7) is 5.75. The third-order valence-corrected chi connectivity index (χ3v) is 7.16. The fourth-order valence-corrected chi connectivity index (χ4v) is 5.48. The topological polar surface area (TPSA) is 52.8 Å². The van der Waals surface area contributed by atoms with Crippen molar-refractivity contribution in [3.8, 4) is 22.6 Å². The number of para-hydroxylation sites is 1. The Bertz CT molecular complexity index is 1460. The van der Waals surface area contributed by atoms with E-state index in [4.69, 9.17) is 14.8 Å². The summed E-state index contributed by atoms with van der Waals surface area (Å²) in [5.74, 6) is 1.71. The van der Waals surface area contributed by atoms with Gasteiger partial charge in [0.1, 0.15) is 0 Å². The summed E-state index contributed by atoms with van der Waals surface area (Å²) in [5, 5.41) is 11.4. The fourth-order valence-electron chi connectivity index (χ4n) is 4.58. The molecular weight excluding hydrogens is 464 g/mol. The summed E-state index contributed by atoms with van der Waals surface area (Å²) >= 11 is 1.73. The summed E-state index contributed by atoms with van der Waals surface area (Å²) < 4.78 is 7.60. The molecule has 5 aromatic rings. The number of ether oxygens (including phenoxy) is 1. The lowest BCUT2D eigenvalue weighted by Gasteiger charge is -2.13. The Balaban J connectivity index is 1.58. The van der Waals surface area contributed by atoms with Crippen molar-refractivity contribution in [2.75, 3.05) is 13.7 Å². The second kappa shape index (κ2) is 11.1. The van der Waals surface area contributed by atoms with Crippen LogP contribution >= 0.6 is 11.8 Å². The van der Waals surface area contributed by atoms with Crippen molar-refractivity contribution in [2.45, 2.75) is 37.7 Å². The van der Waals surface area contributed by atoms with Crippen LogP contribution in [0.25, 0.3) is 33.5 Å². The first-order valence-corrected chi connectivity index (χ1v) is 13.2. The molecular formula is C30H30N4OS. The van der Waals surface area contributed by atoms with Crippen LogP contribution in [0.1, 0.15) is 23.1 Å². The van der Waals surface area contributed by atoms with Gasteiger partial charge in [-0.3, -0.25) is 0 Å². The number of pyridine rings is 1. The number of thioether (sulfide) groups is 1. The molecule has 2 heterocycles. The van der Waals surface area contributed by atoms with Crippen molar-refractivity contribution >= 4 is 22.7 Å². The van der Waals surface area contributed by atoms with Gasteiger partial charge in [-0.1, -0.05) is 89.6 Å². The molecule has 0 saturated heterocycles. The van der Waals surface area contributed by atoms with E-state index in [1.54, 1.807) is 18.9 Å². The van der Waals surface area contributed by atoms with E-state index in [9.17, 15) is 0 Å². The number of aryl methyl sites for hydroxylation is 2. The molecule has 0 spiro atoms. The highest BCUT2D eigenvalue weighted by Crippen LogP contribution is 2.34. The first-order chi connectivity index (χ1) is 17.6. The van der Waals surface area contributed by atoms with Crippen molar-refractivity contribution in [1.82, 2.24) is 19.7 Å². The predicted molar refractivity (Wildman–Crippen MR) is 148 cm³/mol. The van der Waals surface area contributed by atoms with Gasteiger partial charge in [0.15, 0.2) is 11.0 Å². The van der Waals surface area contributed by atoms with Gasteiger partial charge in [0.2, 0.25) is 0 Å². The monoisotopic (exact) mass is 494 g/mol. The van der Waals surface area contributed by atoms with Crippen molar-refractivity contribution in [3.05, 3.63) is 95.6 Å². The first-order valence-electron chi connectivity index (χ1n) is 12.2. The number of fused-ring (bicyclic) bond motifs is 1. The Hall–Kier alpha value is -3.48. The van der Waals surface area contributed by atoms with Crippen LogP contribution in [-0.4, -0.2) is 33.5 Å². The lowest BCUT2D eigenvalue weighted by molar-refractivity contribution is 0.189. The molecule has 0 aliphatic carbocycles. The van der Waals surface area contributed by atoms with Gasteiger partial charge in [-0.2, -0.15) is 0 Å². The van der Waals surface area contributed by atoms with Crippen LogP contribution in [0.5, 0.6) is 0 Å². The molecule has 2 aromatic heterocycles. The van der Waals surface area contributed by atoms with Gasteiger partial charge in [-0.05, 0) is 38.0 Å². The Morgan fingerprint density at radius 3 is 2.39 bits per heavy atom. The van der Waals surface area contributed by atoms with Gasteiger partial charge in [-0.25, -0.2) is 4.98 Å². The minimum atomic E-state index is 0.686. The smallest absolute Gasteiger partial charge is 0.191 e. The van der Waals surface area contributed by atoms with Gasteiger partial charge >= 0.3 is 0 Å². The number of hydrogen-bond acceptors (Lipinski definition) is 5. The van der Waals surface area contributed by atoms with Crippen LogP contribution in [-0.2, 0) is 17.0 Å². The second-order valence-electron chi connectivity index (χ2n) is 9.03. The van der Waals surface area contributed by atoms with Gasteiger partial charge in [0, 0.05) is 42.5 Å². The highest BCUT2D eigenvalue weighted by molar-refractivity contribution is 7.98. The molecule has 0 bridgehead atoms. The number of benzene rings is 3. The van der Waals surface area contributed by atoms with Crippen LogP contribution in [0.2, 0.25) is 0 Å². The summed E-state index contributed by atoms with van der Waals surface area (Å²) in [6, 6.07) is 27.4. The number of hydrogen-bond donors (Lipinski definition) is 0. The van der Waals surface area contributed by atoms with E-state index in [2.05, 4.69) is 78.1 Å².